The Hall–Kier alpha value is -0.900. The number of benzene rings is 1. The van der Waals surface area contributed by atoms with Crippen LogP contribution in [0.3, 0.4) is 0 Å². The monoisotopic (exact) mass is 276 g/mol. The highest BCUT2D eigenvalue weighted by Crippen LogP contribution is 2.43. The molecule has 1 aromatic carbocycles. The summed E-state index contributed by atoms with van der Waals surface area (Å²) in [6.45, 7) is 6.18. The van der Waals surface area contributed by atoms with E-state index in [1.807, 2.05) is 19.1 Å². The van der Waals surface area contributed by atoms with E-state index < -0.39 is 5.60 Å². The third-order valence-electron chi connectivity index (χ3n) is 4.96. The summed E-state index contributed by atoms with van der Waals surface area (Å²) in [5, 5.41) is 11.1. The molecule has 0 bridgehead atoms. The Morgan fingerprint density at radius 2 is 2.20 bits per heavy atom. The molecule has 0 aliphatic carbocycles. The Morgan fingerprint density at radius 1 is 1.35 bits per heavy atom. The van der Waals surface area contributed by atoms with E-state index in [2.05, 4.69) is 19.1 Å². The average Bonchev–Trinajstić information content (AvgIpc) is 2.87. The van der Waals surface area contributed by atoms with Crippen molar-refractivity contribution in [2.24, 2.45) is 5.92 Å². The summed E-state index contributed by atoms with van der Waals surface area (Å²) >= 11 is 0. The minimum atomic E-state index is -0.800. The molecule has 2 aliphatic heterocycles. The molecule has 3 nitrogen and oxygen atoms in total. The van der Waals surface area contributed by atoms with E-state index in [9.17, 15) is 5.11 Å². The molecule has 2 fully saturated rings. The molecule has 2 aliphatic rings. The van der Waals surface area contributed by atoms with Crippen molar-refractivity contribution in [3.05, 3.63) is 35.4 Å². The van der Waals surface area contributed by atoms with Gasteiger partial charge in [-0.2, -0.15) is 0 Å². The topological polar surface area (TPSA) is 38.7 Å². The highest BCUT2D eigenvalue weighted by Gasteiger charge is 2.46. The third-order valence-corrected chi connectivity index (χ3v) is 4.96. The fourth-order valence-electron chi connectivity index (χ4n) is 3.57. The fraction of sp³-hybridized carbons (Fsp3) is 0.647. The molecule has 1 aromatic rings. The second-order valence-corrected chi connectivity index (χ2v) is 6.54. The van der Waals surface area contributed by atoms with Gasteiger partial charge in [-0.1, -0.05) is 29.8 Å². The van der Waals surface area contributed by atoms with Gasteiger partial charge in [-0.25, -0.2) is 0 Å². The van der Waals surface area contributed by atoms with Crippen LogP contribution in [-0.4, -0.2) is 30.5 Å². The number of rotatable bonds is 2. The van der Waals surface area contributed by atoms with Gasteiger partial charge in [0.25, 0.3) is 0 Å². The minimum absolute atomic E-state index is 0.156. The minimum Gasteiger partial charge on any atom is -0.385 e. The maximum Gasteiger partial charge on any atom is 0.0940 e. The van der Waals surface area contributed by atoms with Crippen LogP contribution in [0.15, 0.2) is 24.3 Å². The van der Waals surface area contributed by atoms with Gasteiger partial charge >= 0.3 is 0 Å². The molecule has 2 heterocycles. The van der Waals surface area contributed by atoms with Gasteiger partial charge in [0, 0.05) is 19.6 Å². The van der Waals surface area contributed by atoms with E-state index >= 15 is 0 Å². The van der Waals surface area contributed by atoms with Crippen LogP contribution in [0.5, 0.6) is 0 Å². The summed E-state index contributed by atoms with van der Waals surface area (Å²) in [6, 6.07) is 8.20. The molecule has 20 heavy (non-hydrogen) atoms. The summed E-state index contributed by atoms with van der Waals surface area (Å²) in [5.41, 5.74) is 1.24. The standard InChI is InChI=1S/C17H24O3/c1-13-4-3-5-14(10-13)16(2,18)15-6-8-20-17(11-15)7-9-19-12-17/h3-5,10,15,18H,6-9,11-12H2,1-2H3. The van der Waals surface area contributed by atoms with Crippen LogP contribution in [0.4, 0.5) is 0 Å². The lowest BCUT2D eigenvalue weighted by Gasteiger charge is -2.43. The molecule has 3 heteroatoms. The predicted molar refractivity (Wildman–Crippen MR) is 77.6 cm³/mol. The van der Waals surface area contributed by atoms with E-state index in [0.717, 1.165) is 38.0 Å². The summed E-state index contributed by atoms with van der Waals surface area (Å²) in [5.74, 6) is 0.222. The van der Waals surface area contributed by atoms with Gasteiger partial charge < -0.3 is 14.6 Å². The average molecular weight is 276 g/mol. The summed E-state index contributed by atoms with van der Waals surface area (Å²) < 4.78 is 11.5. The largest absolute Gasteiger partial charge is 0.385 e. The molecule has 0 aromatic heterocycles. The van der Waals surface area contributed by atoms with E-state index in [-0.39, 0.29) is 11.5 Å². The Morgan fingerprint density at radius 3 is 2.90 bits per heavy atom. The first-order valence-corrected chi connectivity index (χ1v) is 7.53. The van der Waals surface area contributed by atoms with Crippen LogP contribution in [0.2, 0.25) is 0 Å². The van der Waals surface area contributed by atoms with Crippen molar-refractivity contribution in [3.8, 4) is 0 Å². The molecule has 0 amide bonds. The Kier molecular flexibility index (Phi) is 3.61. The lowest BCUT2D eigenvalue weighted by Crippen LogP contribution is -2.46. The molecular formula is C17H24O3. The number of hydrogen-bond donors (Lipinski definition) is 1. The molecule has 0 saturated carbocycles. The summed E-state index contributed by atoms with van der Waals surface area (Å²) in [7, 11) is 0. The third kappa shape index (κ3) is 2.50. The highest BCUT2D eigenvalue weighted by molar-refractivity contribution is 5.28. The van der Waals surface area contributed by atoms with Crippen LogP contribution in [0.1, 0.15) is 37.3 Å². The van der Waals surface area contributed by atoms with Gasteiger partial charge in [0.15, 0.2) is 0 Å². The van der Waals surface area contributed by atoms with Gasteiger partial charge in [0.1, 0.15) is 0 Å². The number of aliphatic hydroxyl groups is 1. The van der Waals surface area contributed by atoms with Crippen LogP contribution in [0.25, 0.3) is 0 Å². The van der Waals surface area contributed by atoms with E-state index in [4.69, 9.17) is 9.47 Å². The van der Waals surface area contributed by atoms with Gasteiger partial charge in [-0.15, -0.1) is 0 Å². The molecule has 110 valence electrons. The Balaban J connectivity index is 1.83. The van der Waals surface area contributed by atoms with Crippen molar-refractivity contribution in [1.29, 1.82) is 0 Å². The van der Waals surface area contributed by atoms with Crippen LogP contribution in [-0.2, 0) is 15.1 Å². The zero-order valence-corrected chi connectivity index (χ0v) is 12.4. The molecule has 3 rings (SSSR count). The van der Waals surface area contributed by atoms with Crippen molar-refractivity contribution in [1.82, 2.24) is 0 Å². The molecule has 0 radical (unpaired) electrons. The summed E-state index contributed by atoms with van der Waals surface area (Å²) in [6.07, 6.45) is 2.74. The first-order chi connectivity index (χ1) is 9.52. The molecule has 3 atom stereocenters. The summed E-state index contributed by atoms with van der Waals surface area (Å²) in [4.78, 5) is 0. The molecule has 2 saturated heterocycles. The quantitative estimate of drug-likeness (QED) is 0.902. The van der Waals surface area contributed by atoms with Crippen LogP contribution < -0.4 is 0 Å². The fourth-order valence-corrected chi connectivity index (χ4v) is 3.57. The van der Waals surface area contributed by atoms with Crippen molar-refractivity contribution in [2.45, 2.75) is 44.3 Å². The Bertz CT molecular complexity index is 475. The maximum absolute atomic E-state index is 11.1. The van der Waals surface area contributed by atoms with Gasteiger partial charge in [-0.05, 0) is 38.2 Å². The lowest BCUT2D eigenvalue weighted by molar-refractivity contribution is -0.140. The molecule has 1 spiro atoms. The normalized spacial score (nSPS) is 33.2. The molecule has 1 N–H and O–H groups in total. The van der Waals surface area contributed by atoms with Crippen molar-refractivity contribution >= 4 is 0 Å². The van der Waals surface area contributed by atoms with Crippen molar-refractivity contribution in [3.63, 3.8) is 0 Å². The highest BCUT2D eigenvalue weighted by atomic mass is 16.6. The first-order valence-electron chi connectivity index (χ1n) is 7.53. The van der Waals surface area contributed by atoms with Crippen LogP contribution >= 0.6 is 0 Å². The zero-order chi connectivity index (χ0) is 14.2. The zero-order valence-electron chi connectivity index (χ0n) is 12.4. The van der Waals surface area contributed by atoms with E-state index in [1.165, 1.54) is 5.56 Å². The number of hydrogen-bond acceptors (Lipinski definition) is 3. The van der Waals surface area contributed by atoms with Crippen LogP contribution in [0, 0.1) is 12.8 Å². The van der Waals surface area contributed by atoms with Gasteiger partial charge in [-0.3, -0.25) is 0 Å². The maximum atomic E-state index is 11.1. The molecule has 3 unspecified atom stereocenters. The van der Waals surface area contributed by atoms with E-state index in [1.54, 1.807) is 0 Å². The van der Waals surface area contributed by atoms with Gasteiger partial charge in [0.05, 0.1) is 17.8 Å². The molecular weight excluding hydrogens is 252 g/mol. The van der Waals surface area contributed by atoms with E-state index in [0.29, 0.717) is 6.61 Å². The van der Waals surface area contributed by atoms with Crippen molar-refractivity contribution < 1.29 is 14.6 Å². The van der Waals surface area contributed by atoms with Crippen molar-refractivity contribution in [2.75, 3.05) is 19.8 Å². The lowest BCUT2D eigenvalue weighted by atomic mass is 9.73. The second-order valence-electron chi connectivity index (χ2n) is 6.54. The van der Waals surface area contributed by atoms with Gasteiger partial charge in [0.2, 0.25) is 0 Å². The smallest absolute Gasteiger partial charge is 0.0940 e. The number of ether oxygens (including phenoxy) is 2. The SMILES string of the molecule is Cc1cccc(C(C)(O)C2CCOC3(CCOC3)C2)c1. The Labute approximate surface area is 120 Å². The predicted octanol–water partition coefficient (Wildman–Crippen LogP) is 2.79. The number of aryl methyl sites for hydroxylation is 1. The second kappa shape index (κ2) is 5.14. The first kappa shape index (κ1) is 14.1.